The maximum Gasteiger partial charge on any atom is -0.0154 e. The summed E-state index contributed by atoms with van der Waals surface area (Å²) in [5.41, 5.74) is 3.83. The van der Waals surface area contributed by atoms with Gasteiger partial charge in [-0.25, -0.2) is 0 Å². The summed E-state index contributed by atoms with van der Waals surface area (Å²) in [7, 11) is 0. The fourth-order valence-corrected chi connectivity index (χ4v) is 1.50. The van der Waals surface area contributed by atoms with Gasteiger partial charge in [0.15, 0.2) is 0 Å². The second kappa shape index (κ2) is 6.24. The van der Waals surface area contributed by atoms with Gasteiger partial charge in [0.25, 0.3) is 0 Å². The lowest BCUT2D eigenvalue weighted by Crippen LogP contribution is -1.82. The molecule has 0 heterocycles. The van der Waals surface area contributed by atoms with Gasteiger partial charge in [0.05, 0.1) is 0 Å². The highest BCUT2D eigenvalue weighted by molar-refractivity contribution is 9.11. The summed E-state index contributed by atoms with van der Waals surface area (Å²) in [5, 5.41) is 0. The Labute approximate surface area is 84.2 Å². The van der Waals surface area contributed by atoms with E-state index in [4.69, 9.17) is 0 Å². The van der Waals surface area contributed by atoms with Crippen LogP contribution in [0.5, 0.6) is 0 Å². The maximum absolute atomic E-state index is 3.91. The second-order valence-corrected chi connectivity index (χ2v) is 3.69. The molecule has 1 heteroatoms. The molecule has 12 heavy (non-hydrogen) atoms. The van der Waals surface area contributed by atoms with Gasteiger partial charge in [0.2, 0.25) is 0 Å². The Morgan fingerprint density at radius 3 is 2.25 bits per heavy atom. The van der Waals surface area contributed by atoms with E-state index in [1.165, 1.54) is 11.1 Å². The molecule has 0 N–H and O–H groups in total. The second-order valence-electron chi connectivity index (χ2n) is 3.23. The van der Waals surface area contributed by atoms with Gasteiger partial charge < -0.3 is 0 Å². The first-order valence-corrected chi connectivity index (χ1v) is 5.08. The van der Waals surface area contributed by atoms with Crippen LogP contribution in [0.1, 0.15) is 33.6 Å². The molecular formula is C11H17Br. The van der Waals surface area contributed by atoms with E-state index >= 15 is 0 Å². The van der Waals surface area contributed by atoms with E-state index in [-0.39, 0.29) is 0 Å². The molecule has 0 fully saturated rings. The minimum absolute atomic E-state index is 1.08. The van der Waals surface area contributed by atoms with Gasteiger partial charge >= 0.3 is 0 Å². The Morgan fingerprint density at radius 1 is 1.33 bits per heavy atom. The third-order valence-corrected chi connectivity index (χ3v) is 2.20. The van der Waals surface area contributed by atoms with Crippen molar-refractivity contribution in [1.82, 2.24) is 0 Å². The van der Waals surface area contributed by atoms with E-state index < -0.39 is 0 Å². The van der Waals surface area contributed by atoms with Crippen LogP contribution in [0.15, 0.2) is 34.4 Å². The summed E-state index contributed by atoms with van der Waals surface area (Å²) in [6, 6.07) is 0. The lowest BCUT2D eigenvalue weighted by molar-refractivity contribution is 0.979. The molecule has 0 saturated carbocycles. The monoisotopic (exact) mass is 228 g/mol. The van der Waals surface area contributed by atoms with Crippen molar-refractivity contribution in [2.24, 2.45) is 0 Å². The first-order valence-electron chi connectivity index (χ1n) is 4.16. The Balaban J connectivity index is 3.92. The maximum atomic E-state index is 3.91. The molecule has 68 valence electrons. The highest BCUT2D eigenvalue weighted by Crippen LogP contribution is 2.16. The van der Waals surface area contributed by atoms with E-state index in [9.17, 15) is 0 Å². The van der Waals surface area contributed by atoms with Crippen molar-refractivity contribution in [1.29, 1.82) is 0 Å². The van der Waals surface area contributed by atoms with Crippen molar-refractivity contribution in [2.75, 3.05) is 0 Å². The predicted octanol–water partition coefficient (Wildman–Crippen LogP) is 4.59. The number of halogens is 1. The van der Waals surface area contributed by atoms with Crippen molar-refractivity contribution in [3.63, 3.8) is 0 Å². The van der Waals surface area contributed by atoms with E-state index in [1.807, 2.05) is 11.9 Å². The van der Waals surface area contributed by atoms with E-state index in [1.54, 1.807) is 0 Å². The molecule has 0 aliphatic carbocycles. The third-order valence-electron chi connectivity index (χ3n) is 1.65. The van der Waals surface area contributed by atoms with Crippen LogP contribution in [0.3, 0.4) is 0 Å². The van der Waals surface area contributed by atoms with Crippen molar-refractivity contribution in [2.45, 2.75) is 33.6 Å². The van der Waals surface area contributed by atoms with Crippen LogP contribution < -0.4 is 0 Å². The van der Waals surface area contributed by atoms with Crippen LogP contribution in [-0.4, -0.2) is 0 Å². The van der Waals surface area contributed by atoms with Gasteiger partial charge in [-0.1, -0.05) is 39.7 Å². The number of rotatable bonds is 4. The molecule has 0 atom stereocenters. The molecular weight excluding hydrogens is 212 g/mol. The van der Waals surface area contributed by atoms with Crippen LogP contribution in [0.2, 0.25) is 0 Å². The van der Waals surface area contributed by atoms with Gasteiger partial charge in [0.1, 0.15) is 0 Å². The molecule has 0 aromatic rings. The van der Waals surface area contributed by atoms with Gasteiger partial charge in [-0.05, 0) is 44.2 Å². The van der Waals surface area contributed by atoms with Crippen LogP contribution in [0.4, 0.5) is 0 Å². The first-order chi connectivity index (χ1) is 5.57. The molecule has 0 unspecified atom stereocenters. The molecule has 0 nitrogen and oxygen atoms in total. The van der Waals surface area contributed by atoms with E-state index in [2.05, 4.69) is 42.4 Å². The van der Waals surface area contributed by atoms with Crippen molar-refractivity contribution >= 4 is 15.9 Å². The number of hydrogen-bond acceptors (Lipinski definition) is 0. The number of allylic oxidation sites excluding steroid dienone is 4. The van der Waals surface area contributed by atoms with E-state index in [0.29, 0.717) is 0 Å². The fourth-order valence-electron chi connectivity index (χ4n) is 0.877. The molecule has 0 amide bonds. The molecule has 0 aliphatic rings. The summed E-state index contributed by atoms with van der Waals surface area (Å²) in [6.07, 6.45) is 4.43. The minimum Gasteiger partial charge on any atom is -0.0958 e. The van der Waals surface area contributed by atoms with Crippen LogP contribution in [-0.2, 0) is 0 Å². The Kier molecular flexibility index (Phi) is 6.09. The normalized spacial score (nSPS) is 11.2. The Hall–Kier alpha value is -0.300. The first kappa shape index (κ1) is 11.7. The highest BCUT2D eigenvalue weighted by Gasteiger charge is 1.95. The summed E-state index contributed by atoms with van der Waals surface area (Å²) < 4.78 is 0. The molecule has 0 bridgehead atoms. The Morgan fingerprint density at radius 2 is 1.92 bits per heavy atom. The zero-order valence-electron chi connectivity index (χ0n) is 8.15. The molecule has 0 aliphatic heterocycles. The molecule has 0 radical (unpaired) electrons. The standard InChI is InChI=1S/C11H17Br/c1-9(2)6-5-7-11(8-12)10(3)4/h6,8H,3,5,7H2,1-2,4H3. The highest BCUT2D eigenvalue weighted by atomic mass is 79.9. The van der Waals surface area contributed by atoms with Gasteiger partial charge in [-0.15, -0.1) is 0 Å². The van der Waals surface area contributed by atoms with Gasteiger partial charge in [0, 0.05) is 0 Å². The lowest BCUT2D eigenvalue weighted by Gasteiger charge is -2.02. The minimum atomic E-state index is 1.08. The van der Waals surface area contributed by atoms with Gasteiger partial charge in [-0.2, -0.15) is 0 Å². The topological polar surface area (TPSA) is 0 Å². The summed E-state index contributed by atoms with van der Waals surface area (Å²) >= 11 is 3.34. The van der Waals surface area contributed by atoms with Crippen molar-refractivity contribution in [3.05, 3.63) is 34.4 Å². The van der Waals surface area contributed by atoms with Crippen molar-refractivity contribution < 1.29 is 0 Å². The summed E-state index contributed by atoms with van der Waals surface area (Å²) in [4.78, 5) is 1.97. The smallest absolute Gasteiger partial charge is 0.0154 e. The van der Waals surface area contributed by atoms with Crippen molar-refractivity contribution in [3.8, 4) is 0 Å². The van der Waals surface area contributed by atoms with Gasteiger partial charge in [-0.3, -0.25) is 0 Å². The Bertz CT molecular complexity index is 205. The molecule has 0 saturated heterocycles. The third kappa shape index (κ3) is 5.36. The largest absolute Gasteiger partial charge is 0.0958 e. The van der Waals surface area contributed by atoms with Crippen LogP contribution >= 0.6 is 15.9 Å². The number of hydrogen-bond donors (Lipinski definition) is 0. The quantitative estimate of drug-likeness (QED) is 0.488. The zero-order valence-corrected chi connectivity index (χ0v) is 9.74. The SMILES string of the molecule is C=C(C)C(=CBr)CCC=C(C)C. The molecule has 0 aromatic heterocycles. The summed E-state index contributed by atoms with van der Waals surface area (Å²) in [5.74, 6) is 0. The lowest BCUT2D eigenvalue weighted by atomic mass is 10.1. The van der Waals surface area contributed by atoms with Crippen LogP contribution in [0.25, 0.3) is 0 Å². The van der Waals surface area contributed by atoms with E-state index in [0.717, 1.165) is 18.4 Å². The average Bonchev–Trinajstić information content (AvgIpc) is 1.96. The molecule has 0 spiro atoms. The summed E-state index contributed by atoms with van der Waals surface area (Å²) in [6.45, 7) is 10.2. The fraction of sp³-hybridized carbons (Fsp3) is 0.455. The predicted molar refractivity (Wildman–Crippen MR) is 60.5 cm³/mol. The molecule has 0 rings (SSSR count). The average molecular weight is 229 g/mol. The molecule has 0 aromatic carbocycles. The van der Waals surface area contributed by atoms with Crippen LogP contribution in [0, 0.1) is 0 Å². The zero-order chi connectivity index (χ0) is 9.56.